The Hall–Kier alpha value is -2.18. The van der Waals surface area contributed by atoms with E-state index >= 15 is 0 Å². The van der Waals surface area contributed by atoms with Gasteiger partial charge >= 0.3 is 5.97 Å². The maximum atomic E-state index is 12.6. The first kappa shape index (κ1) is 17.2. The van der Waals surface area contributed by atoms with E-state index in [1.54, 1.807) is 30.4 Å². The quantitative estimate of drug-likeness (QED) is 0.731. The first-order valence-corrected chi connectivity index (χ1v) is 7.95. The van der Waals surface area contributed by atoms with Crippen LogP contribution in [0.3, 0.4) is 0 Å². The van der Waals surface area contributed by atoms with Crippen molar-refractivity contribution in [3.05, 3.63) is 18.5 Å². The van der Waals surface area contributed by atoms with Gasteiger partial charge < -0.3 is 14.5 Å². The standard InChI is InChI=1S/C16H24N4O3/c1-19(10-4-7-14(21)23-2)15(22)13-6-3-11-20(12-13)16-17-8-5-9-18-16/h5,8-9,13H,3-4,6-7,10-12H2,1-2H3. The highest BCUT2D eigenvalue weighted by Gasteiger charge is 2.28. The van der Waals surface area contributed by atoms with Crippen molar-refractivity contribution in [3.63, 3.8) is 0 Å². The molecule has 1 aromatic rings. The van der Waals surface area contributed by atoms with E-state index in [1.165, 1.54) is 7.11 Å². The number of rotatable bonds is 6. The molecule has 23 heavy (non-hydrogen) atoms. The number of ether oxygens (including phenoxy) is 1. The van der Waals surface area contributed by atoms with Crippen molar-refractivity contribution in [2.24, 2.45) is 5.92 Å². The first-order valence-electron chi connectivity index (χ1n) is 7.95. The lowest BCUT2D eigenvalue weighted by Gasteiger charge is -2.33. The van der Waals surface area contributed by atoms with Crippen LogP contribution >= 0.6 is 0 Å². The first-order chi connectivity index (χ1) is 11.1. The van der Waals surface area contributed by atoms with Crippen LogP contribution in [0.15, 0.2) is 18.5 Å². The van der Waals surface area contributed by atoms with Crippen molar-refractivity contribution in [1.29, 1.82) is 0 Å². The molecule has 0 radical (unpaired) electrons. The highest BCUT2D eigenvalue weighted by atomic mass is 16.5. The third kappa shape index (κ3) is 4.91. The number of carbonyl (C=O) groups is 2. The second-order valence-corrected chi connectivity index (χ2v) is 5.77. The van der Waals surface area contributed by atoms with E-state index in [0.29, 0.717) is 31.9 Å². The minimum atomic E-state index is -0.240. The predicted octanol–water partition coefficient (Wildman–Crippen LogP) is 1.10. The molecule has 1 amide bonds. The summed E-state index contributed by atoms with van der Waals surface area (Å²) >= 11 is 0. The predicted molar refractivity (Wildman–Crippen MR) is 85.9 cm³/mol. The molecule has 1 saturated heterocycles. The Morgan fingerprint density at radius 3 is 2.83 bits per heavy atom. The van der Waals surface area contributed by atoms with E-state index in [0.717, 1.165) is 19.4 Å². The Balaban J connectivity index is 1.85. The number of hydrogen-bond donors (Lipinski definition) is 0. The van der Waals surface area contributed by atoms with Gasteiger partial charge in [-0.3, -0.25) is 9.59 Å². The number of aromatic nitrogens is 2. The second-order valence-electron chi connectivity index (χ2n) is 5.77. The third-order valence-corrected chi connectivity index (χ3v) is 4.08. The van der Waals surface area contributed by atoms with Crippen LogP contribution in [-0.4, -0.2) is 60.5 Å². The van der Waals surface area contributed by atoms with Crippen LogP contribution < -0.4 is 4.90 Å². The highest BCUT2D eigenvalue weighted by molar-refractivity contribution is 5.79. The number of piperidine rings is 1. The molecule has 0 bridgehead atoms. The number of methoxy groups -OCH3 is 1. The Kier molecular flexibility index (Phi) is 6.31. The van der Waals surface area contributed by atoms with Crippen LogP contribution in [0.25, 0.3) is 0 Å². The molecule has 0 saturated carbocycles. The van der Waals surface area contributed by atoms with E-state index in [9.17, 15) is 9.59 Å². The summed E-state index contributed by atoms with van der Waals surface area (Å²) in [6.45, 7) is 2.08. The molecular weight excluding hydrogens is 296 g/mol. The van der Waals surface area contributed by atoms with E-state index in [2.05, 4.69) is 19.6 Å². The van der Waals surface area contributed by atoms with Gasteiger partial charge in [-0.25, -0.2) is 9.97 Å². The van der Waals surface area contributed by atoms with Crippen LogP contribution in [0, 0.1) is 5.92 Å². The molecule has 0 aliphatic carbocycles. The van der Waals surface area contributed by atoms with Crippen molar-refractivity contribution < 1.29 is 14.3 Å². The summed E-state index contributed by atoms with van der Waals surface area (Å²) < 4.78 is 4.61. The molecule has 1 atom stereocenters. The molecule has 2 heterocycles. The smallest absolute Gasteiger partial charge is 0.305 e. The zero-order valence-corrected chi connectivity index (χ0v) is 13.8. The van der Waals surface area contributed by atoms with E-state index in [4.69, 9.17) is 0 Å². The lowest BCUT2D eigenvalue weighted by atomic mass is 9.96. The molecule has 0 aromatic carbocycles. The molecular formula is C16H24N4O3. The van der Waals surface area contributed by atoms with Crippen LogP contribution in [0.2, 0.25) is 0 Å². The lowest BCUT2D eigenvalue weighted by molar-refractivity contribution is -0.141. The topological polar surface area (TPSA) is 75.6 Å². The molecule has 7 nitrogen and oxygen atoms in total. The summed E-state index contributed by atoms with van der Waals surface area (Å²) in [5.74, 6) is 0.514. The Morgan fingerprint density at radius 1 is 1.39 bits per heavy atom. The third-order valence-electron chi connectivity index (χ3n) is 4.08. The van der Waals surface area contributed by atoms with Crippen molar-refractivity contribution in [1.82, 2.24) is 14.9 Å². The number of carbonyl (C=O) groups excluding carboxylic acids is 2. The summed E-state index contributed by atoms with van der Waals surface area (Å²) in [4.78, 5) is 36.0. The lowest BCUT2D eigenvalue weighted by Crippen LogP contribution is -2.44. The van der Waals surface area contributed by atoms with Gasteiger partial charge in [-0.1, -0.05) is 0 Å². The maximum Gasteiger partial charge on any atom is 0.305 e. The highest BCUT2D eigenvalue weighted by Crippen LogP contribution is 2.21. The zero-order valence-electron chi connectivity index (χ0n) is 13.8. The number of anilines is 1. The van der Waals surface area contributed by atoms with Crippen molar-refractivity contribution >= 4 is 17.8 Å². The molecule has 1 aromatic heterocycles. The van der Waals surface area contributed by atoms with Gasteiger partial charge in [-0.15, -0.1) is 0 Å². The average Bonchev–Trinajstić information content (AvgIpc) is 2.61. The fourth-order valence-corrected chi connectivity index (χ4v) is 2.80. The van der Waals surface area contributed by atoms with E-state index in [1.807, 2.05) is 0 Å². The Bertz CT molecular complexity index is 523. The minimum absolute atomic E-state index is 0.0457. The molecule has 0 spiro atoms. The van der Waals surface area contributed by atoms with Gasteiger partial charge in [0.25, 0.3) is 0 Å². The second kappa shape index (κ2) is 8.45. The normalized spacial score (nSPS) is 17.7. The minimum Gasteiger partial charge on any atom is -0.469 e. The van der Waals surface area contributed by atoms with Crippen LogP contribution in [0.1, 0.15) is 25.7 Å². The fourth-order valence-electron chi connectivity index (χ4n) is 2.80. The molecule has 1 aliphatic heterocycles. The molecule has 1 aliphatic rings. The summed E-state index contributed by atoms with van der Waals surface area (Å²) in [5, 5.41) is 0. The molecule has 1 fully saturated rings. The van der Waals surface area contributed by atoms with Gasteiger partial charge in [-0.2, -0.15) is 0 Å². The average molecular weight is 320 g/mol. The van der Waals surface area contributed by atoms with Gasteiger partial charge in [0.15, 0.2) is 0 Å². The summed E-state index contributed by atoms with van der Waals surface area (Å²) in [7, 11) is 3.16. The van der Waals surface area contributed by atoms with Crippen LogP contribution in [0.5, 0.6) is 0 Å². The SMILES string of the molecule is COC(=O)CCCN(C)C(=O)C1CCCN(c2ncccn2)C1. The number of esters is 1. The Morgan fingerprint density at radius 2 is 2.13 bits per heavy atom. The van der Waals surface area contributed by atoms with Gasteiger partial charge in [-0.05, 0) is 25.3 Å². The molecule has 7 heteroatoms. The van der Waals surface area contributed by atoms with Gasteiger partial charge in [0.1, 0.15) is 0 Å². The fraction of sp³-hybridized carbons (Fsp3) is 0.625. The summed E-state index contributed by atoms with van der Waals surface area (Å²) in [5.41, 5.74) is 0. The van der Waals surface area contributed by atoms with Gasteiger partial charge in [0, 0.05) is 45.5 Å². The molecule has 1 unspecified atom stereocenters. The number of hydrogen-bond acceptors (Lipinski definition) is 6. The zero-order chi connectivity index (χ0) is 16.7. The monoisotopic (exact) mass is 320 g/mol. The van der Waals surface area contributed by atoms with Crippen LogP contribution in [0.4, 0.5) is 5.95 Å². The number of nitrogens with zero attached hydrogens (tertiary/aromatic N) is 4. The number of amides is 1. The maximum absolute atomic E-state index is 12.6. The van der Waals surface area contributed by atoms with Gasteiger partial charge in [0.05, 0.1) is 13.0 Å². The molecule has 2 rings (SSSR count). The molecule has 126 valence electrons. The summed E-state index contributed by atoms with van der Waals surface area (Å²) in [6, 6.07) is 1.78. The summed E-state index contributed by atoms with van der Waals surface area (Å²) in [6.07, 6.45) is 6.21. The Labute approximate surface area is 136 Å². The van der Waals surface area contributed by atoms with E-state index in [-0.39, 0.29) is 17.8 Å². The van der Waals surface area contributed by atoms with Gasteiger partial charge in [0.2, 0.25) is 11.9 Å². The van der Waals surface area contributed by atoms with Crippen molar-refractivity contribution in [2.75, 3.05) is 38.7 Å². The molecule has 0 N–H and O–H groups in total. The largest absolute Gasteiger partial charge is 0.469 e. The van der Waals surface area contributed by atoms with E-state index < -0.39 is 0 Å². The van der Waals surface area contributed by atoms with Crippen LogP contribution in [-0.2, 0) is 14.3 Å². The van der Waals surface area contributed by atoms with Crippen molar-refractivity contribution in [2.45, 2.75) is 25.7 Å². The van der Waals surface area contributed by atoms with Crippen molar-refractivity contribution in [3.8, 4) is 0 Å².